The zero-order valence-corrected chi connectivity index (χ0v) is 11.0. The van der Waals surface area contributed by atoms with Crippen molar-refractivity contribution >= 4 is 16.6 Å². The summed E-state index contributed by atoms with van der Waals surface area (Å²) in [4.78, 5) is 12.1. The molecule has 1 aromatic carbocycles. The van der Waals surface area contributed by atoms with Crippen LogP contribution in [0, 0.1) is 11.7 Å². The SMILES string of the molecule is O=C(CS(=O)c1ccccc1F)C1CCCCC1. The van der Waals surface area contributed by atoms with Crippen LogP contribution in [0.2, 0.25) is 0 Å². The van der Waals surface area contributed by atoms with Crippen LogP contribution in [0.4, 0.5) is 4.39 Å². The third-order valence-corrected chi connectivity index (χ3v) is 4.78. The van der Waals surface area contributed by atoms with E-state index in [0.717, 1.165) is 25.7 Å². The fourth-order valence-electron chi connectivity index (χ4n) is 2.38. The van der Waals surface area contributed by atoms with E-state index in [0.29, 0.717) is 0 Å². The van der Waals surface area contributed by atoms with E-state index < -0.39 is 16.6 Å². The summed E-state index contributed by atoms with van der Waals surface area (Å²) in [5.41, 5.74) is 0. The predicted molar refractivity (Wildman–Crippen MR) is 69.3 cm³/mol. The minimum Gasteiger partial charge on any atom is -0.298 e. The molecule has 2 nitrogen and oxygen atoms in total. The average Bonchev–Trinajstić information content (AvgIpc) is 2.40. The highest BCUT2D eigenvalue weighted by Crippen LogP contribution is 2.25. The Hall–Kier alpha value is -1.03. The molecule has 0 aliphatic heterocycles. The van der Waals surface area contributed by atoms with Crippen molar-refractivity contribution in [3.63, 3.8) is 0 Å². The van der Waals surface area contributed by atoms with Crippen molar-refractivity contribution in [2.45, 2.75) is 37.0 Å². The first-order valence-corrected chi connectivity index (χ1v) is 7.66. The van der Waals surface area contributed by atoms with Gasteiger partial charge in [-0.15, -0.1) is 0 Å². The van der Waals surface area contributed by atoms with E-state index in [1.807, 2.05) is 0 Å². The van der Waals surface area contributed by atoms with Crippen LogP contribution in [-0.2, 0) is 15.6 Å². The van der Waals surface area contributed by atoms with E-state index in [1.54, 1.807) is 12.1 Å². The molecule has 1 saturated carbocycles. The van der Waals surface area contributed by atoms with Gasteiger partial charge < -0.3 is 0 Å². The highest BCUT2D eigenvalue weighted by Gasteiger charge is 2.23. The zero-order chi connectivity index (χ0) is 13.0. The maximum Gasteiger partial charge on any atom is 0.148 e. The largest absolute Gasteiger partial charge is 0.298 e. The van der Waals surface area contributed by atoms with Gasteiger partial charge in [0.2, 0.25) is 0 Å². The zero-order valence-electron chi connectivity index (χ0n) is 10.2. The van der Waals surface area contributed by atoms with Gasteiger partial charge in [-0.2, -0.15) is 0 Å². The van der Waals surface area contributed by atoms with Gasteiger partial charge in [0, 0.05) is 5.92 Å². The molecular weight excluding hydrogens is 251 g/mol. The van der Waals surface area contributed by atoms with Crippen molar-refractivity contribution in [2.24, 2.45) is 5.92 Å². The van der Waals surface area contributed by atoms with Crippen LogP contribution in [0.15, 0.2) is 29.2 Å². The summed E-state index contributed by atoms with van der Waals surface area (Å²) in [7, 11) is -1.55. The van der Waals surface area contributed by atoms with Gasteiger partial charge in [0.1, 0.15) is 11.6 Å². The van der Waals surface area contributed by atoms with Crippen LogP contribution in [-0.4, -0.2) is 15.7 Å². The number of ketones is 1. The molecule has 4 heteroatoms. The van der Waals surface area contributed by atoms with Gasteiger partial charge in [0.15, 0.2) is 0 Å². The van der Waals surface area contributed by atoms with Gasteiger partial charge in [-0.3, -0.25) is 9.00 Å². The molecule has 0 aromatic heterocycles. The van der Waals surface area contributed by atoms with E-state index in [9.17, 15) is 13.4 Å². The minimum atomic E-state index is -1.55. The van der Waals surface area contributed by atoms with Gasteiger partial charge in [0.25, 0.3) is 0 Å². The molecule has 1 fully saturated rings. The van der Waals surface area contributed by atoms with E-state index in [4.69, 9.17) is 0 Å². The van der Waals surface area contributed by atoms with Crippen LogP contribution in [0.5, 0.6) is 0 Å². The van der Waals surface area contributed by atoms with Gasteiger partial charge in [0.05, 0.1) is 21.4 Å². The third kappa shape index (κ3) is 3.25. The van der Waals surface area contributed by atoms with Gasteiger partial charge in [-0.25, -0.2) is 4.39 Å². The first-order valence-electron chi connectivity index (χ1n) is 6.34. The summed E-state index contributed by atoms with van der Waals surface area (Å²) in [5.74, 6) is -0.482. The van der Waals surface area contributed by atoms with Crippen LogP contribution < -0.4 is 0 Å². The van der Waals surface area contributed by atoms with Crippen molar-refractivity contribution in [1.29, 1.82) is 0 Å². The van der Waals surface area contributed by atoms with Gasteiger partial charge in [-0.05, 0) is 25.0 Å². The van der Waals surface area contributed by atoms with Crippen LogP contribution >= 0.6 is 0 Å². The minimum absolute atomic E-state index is 0.0243. The molecule has 1 aromatic rings. The van der Waals surface area contributed by atoms with E-state index in [-0.39, 0.29) is 22.3 Å². The Morgan fingerprint density at radius 1 is 1.22 bits per heavy atom. The smallest absolute Gasteiger partial charge is 0.148 e. The lowest BCUT2D eigenvalue weighted by atomic mass is 9.87. The van der Waals surface area contributed by atoms with E-state index in [1.165, 1.54) is 18.6 Å². The highest BCUT2D eigenvalue weighted by molar-refractivity contribution is 7.85. The number of Topliss-reactive ketones (excluding diaryl/α,β-unsaturated/α-hetero) is 1. The second-order valence-corrected chi connectivity index (χ2v) is 6.14. The number of hydrogen-bond donors (Lipinski definition) is 0. The monoisotopic (exact) mass is 268 g/mol. The van der Waals surface area contributed by atoms with Crippen LogP contribution in [0.1, 0.15) is 32.1 Å². The maximum atomic E-state index is 13.4. The summed E-state index contributed by atoms with van der Waals surface area (Å²) in [6, 6.07) is 5.96. The molecule has 2 rings (SSSR count). The lowest BCUT2D eigenvalue weighted by Gasteiger charge is -2.19. The molecule has 1 unspecified atom stereocenters. The number of halogens is 1. The van der Waals surface area contributed by atoms with E-state index in [2.05, 4.69) is 0 Å². The summed E-state index contributed by atoms with van der Waals surface area (Å²) in [5, 5.41) is 0. The lowest BCUT2D eigenvalue weighted by Crippen LogP contribution is -2.23. The predicted octanol–water partition coefficient (Wildman–Crippen LogP) is 3.08. The molecule has 18 heavy (non-hydrogen) atoms. The molecule has 0 amide bonds. The van der Waals surface area contributed by atoms with Gasteiger partial charge in [-0.1, -0.05) is 31.4 Å². The molecule has 1 aliphatic carbocycles. The third-order valence-electron chi connectivity index (χ3n) is 3.42. The normalized spacial score (nSPS) is 18.5. The van der Waals surface area contributed by atoms with Crippen molar-refractivity contribution in [2.75, 3.05) is 5.75 Å². The quantitative estimate of drug-likeness (QED) is 0.841. The molecule has 0 radical (unpaired) electrons. The van der Waals surface area contributed by atoms with Crippen molar-refractivity contribution < 1.29 is 13.4 Å². The maximum absolute atomic E-state index is 13.4. The second-order valence-electron chi connectivity index (χ2n) is 4.72. The molecular formula is C14H17FO2S. The Labute approximate surface area is 109 Å². The molecule has 0 heterocycles. The average molecular weight is 268 g/mol. The number of carbonyl (C=O) groups is 1. The Morgan fingerprint density at radius 2 is 1.89 bits per heavy atom. The second kappa shape index (κ2) is 6.23. The molecule has 0 N–H and O–H groups in total. The van der Waals surface area contributed by atoms with Crippen molar-refractivity contribution in [3.8, 4) is 0 Å². The molecule has 0 bridgehead atoms. The summed E-state index contributed by atoms with van der Waals surface area (Å²) < 4.78 is 25.4. The van der Waals surface area contributed by atoms with Gasteiger partial charge >= 0.3 is 0 Å². The Kier molecular flexibility index (Phi) is 4.64. The Bertz CT molecular complexity index is 453. The standard InChI is InChI=1S/C14H17FO2S/c15-12-8-4-5-9-14(12)18(17)10-13(16)11-6-2-1-3-7-11/h4-5,8-9,11H,1-3,6-7,10H2. The summed E-state index contributed by atoms with van der Waals surface area (Å²) >= 11 is 0. The molecule has 1 atom stereocenters. The molecule has 0 spiro atoms. The first kappa shape index (κ1) is 13.4. The molecule has 1 aliphatic rings. The van der Waals surface area contributed by atoms with Crippen LogP contribution in [0.25, 0.3) is 0 Å². The van der Waals surface area contributed by atoms with E-state index >= 15 is 0 Å². The lowest BCUT2D eigenvalue weighted by molar-refractivity contribution is -0.121. The molecule has 98 valence electrons. The number of carbonyl (C=O) groups excluding carboxylic acids is 1. The molecule has 0 saturated heterocycles. The number of rotatable bonds is 4. The fraction of sp³-hybridized carbons (Fsp3) is 0.500. The van der Waals surface area contributed by atoms with Crippen molar-refractivity contribution in [3.05, 3.63) is 30.1 Å². The summed E-state index contributed by atoms with van der Waals surface area (Å²) in [6.07, 6.45) is 5.12. The fourth-order valence-corrected chi connectivity index (χ4v) is 3.54. The highest BCUT2D eigenvalue weighted by atomic mass is 32.2. The Balaban J connectivity index is 1.99. The Morgan fingerprint density at radius 3 is 2.56 bits per heavy atom. The first-order chi connectivity index (χ1) is 8.68. The summed E-state index contributed by atoms with van der Waals surface area (Å²) in [6.45, 7) is 0. The number of benzene rings is 1. The van der Waals surface area contributed by atoms with Crippen LogP contribution in [0.3, 0.4) is 0 Å². The number of hydrogen-bond acceptors (Lipinski definition) is 2. The topological polar surface area (TPSA) is 34.1 Å². The van der Waals surface area contributed by atoms with Crippen molar-refractivity contribution in [1.82, 2.24) is 0 Å².